The Kier molecular flexibility index (Phi) is 6.98. The predicted octanol–water partition coefficient (Wildman–Crippen LogP) is 1.39. The molecule has 1 aliphatic rings. The van der Waals surface area contributed by atoms with Crippen LogP contribution in [-0.4, -0.2) is 54.7 Å². The summed E-state index contributed by atoms with van der Waals surface area (Å²) >= 11 is 0. The Morgan fingerprint density at radius 3 is 2.35 bits per heavy atom. The molecule has 1 fully saturated rings. The summed E-state index contributed by atoms with van der Waals surface area (Å²) in [6.45, 7) is 2.97. The highest BCUT2D eigenvalue weighted by Crippen LogP contribution is 2.15. The van der Waals surface area contributed by atoms with Crippen LogP contribution < -0.4 is 10.6 Å². The molecule has 0 bridgehead atoms. The van der Waals surface area contributed by atoms with Crippen LogP contribution >= 0.6 is 0 Å². The highest BCUT2D eigenvalue weighted by molar-refractivity contribution is 7.89. The molecule has 0 radical (unpaired) electrons. The van der Waals surface area contributed by atoms with E-state index in [0.29, 0.717) is 32.4 Å². The third-order valence-electron chi connectivity index (χ3n) is 4.30. The molecule has 26 heavy (non-hydrogen) atoms. The summed E-state index contributed by atoms with van der Waals surface area (Å²) in [5, 5.41) is 14.4. The summed E-state index contributed by atoms with van der Waals surface area (Å²) in [5.41, 5.74) is 0.994. The third-order valence-corrected chi connectivity index (χ3v) is 6.37. The van der Waals surface area contributed by atoms with Crippen molar-refractivity contribution in [3.63, 3.8) is 0 Å². The Labute approximate surface area is 153 Å². The Balaban J connectivity index is 1.74. The number of benzene rings is 1. The van der Waals surface area contributed by atoms with Gasteiger partial charge in [0, 0.05) is 25.7 Å². The number of hydrogen-bond acceptors (Lipinski definition) is 4. The Morgan fingerprint density at radius 1 is 1.19 bits per heavy atom. The summed E-state index contributed by atoms with van der Waals surface area (Å²) in [4.78, 5) is 22.8. The van der Waals surface area contributed by atoms with Gasteiger partial charge in [-0.2, -0.15) is 0 Å². The minimum Gasteiger partial charge on any atom is -0.478 e. The second kappa shape index (κ2) is 9.00. The zero-order valence-corrected chi connectivity index (χ0v) is 15.6. The van der Waals surface area contributed by atoms with Crippen LogP contribution in [-0.2, 0) is 16.6 Å². The number of aromatic carboxylic acids is 1. The van der Waals surface area contributed by atoms with E-state index in [2.05, 4.69) is 10.6 Å². The van der Waals surface area contributed by atoms with Gasteiger partial charge in [-0.3, -0.25) is 0 Å². The quantitative estimate of drug-likeness (QED) is 0.658. The average Bonchev–Trinajstić information content (AvgIpc) is 2.61. The van der Waals surface area contributed by atoms with E-state index in [1.807, 2.05) is 6.92 Å². The van der Waals surface area contributed by atoms with E-state index in [9.17, 15) is 18.0 Å². The van der Waals surface area contributed by atoms with Gasteiger partial charge in [0.25, 0.3) is 0 Å². The second-order valence-corrected chi connectivity index (χ2v) is 8.41. The first-order valence-corrected chi connectivity index (χ1v) is 10.3. The molecule has 1 heterocycles. The predicted molar refractivity (Wildman–Crippen MR) is 97.4 cm³/mol. The first-order chi connectivity index (χ1) is 12.3. The highest BCUT2D eigenvalue weighted by atomic mass is 32.2. The highest BCUT2D eigenvalue weighted by Gasteiger charge is 2.27. The molecule has 8 nitrogen and oxygen atoms in total. The van der Waals surface area contributed by atoms with Crippen LogP contribution in [0.2, 0.25) is 0 Å². The summed E-state index contributed by atoms with van der Waals surface area (Å²) in [5.74, 6) is -0.832. The smallest absolute Gasteiger partial charge is 0.335 e. The second-order valence-electron chi connectivity index (χ2n) is 6.32. The number of urea groups is 1. The van der Waals surface area contributed by atoms with Crippen LogP contribution in [0.15, 0.2) is 24.3 Å². The number of amides is 2. The van der Waals surface area contributed by atoms with Crippen molar-refractivity contribution in [1.29, 1.82) is 0 Å². The Hall–Kier alpha value is -2.13. The molecule has 1 aromatic carbocycles. The van der Waals surface area contributed by atoms with Gasteiger partial charge in [-0.15, -0.1) is 0 Å². The summed E-state index contributed by atoms with van der Waals surface area (Å²) < 4.78 is 25.6. The van der Waals surface area contributed by atoms with Gasteiger partial charge >= 0.3 is 12.0 Å². The molecule has 9 heteroatoms. The van der Waals surface area contributed by atoms with E-state index < -0.39 is 16.0 Å². The van der Waals surface area contributed by atoms with Gasteiger partial charge in [0.05, 0.1) is 11.3 Å². The lowest BCUT2D eigenvalue weighted by Gasteiger charge is -2.31. The van der Waals surface area contributed by atoms with E-state index in [1.165, 1.54) is 16.4 Å². The van der Waals surface area contributed by atoms with Gasteiger partial charge in [-0.1, -0.05) is 19.1 Å². The number of carboxylic acids is 1. The van der Waals surface area contributed by atoms with Crippen molar-refractivity contribution in [2.75, 3.05) is 18.8 Å². The number of rotatable bonds is 7. The van der Waals surface area contributed by atoms with Crippen molar-refractivity contribution in [1.82, 2.24) is 14.9 Å². The molecule has 0 saturated carbocycles. The SMILES string of the molecule is CCCS(=O)(=O)N1CCC(NC(=O)NCc2ccc(C(=O)O)cc2)CC1. The van der Waals surface area contributed by atoms with Gasteiger partial charge in [0.1, 0.15) is 0 Å². The zero-order valence-electron chi connectivity index (χ0n) is 14.8. The van der Waals surface area contributed by atoms with Crippen LogP contribution in [0.1, 0.15) is 42.1 Å². The summed E-state index contributed by atoms with van der Waals surface area (Å²) in [7, 11) is -3.18. The van der Waals surface area contributed by atoms with Crippen molar-refractivity contribution < 1.29 is 23.1 Å². The first-order valence-electron chi connectivity index (χ1n) is 8.66. The number of hydrogen-bond donors (Lipinski definition) is 3. The van der Waals surface area contributed by atoms with Gasteiger partial charge in [0.2, 0.25) is 10.0 Å². The average molecular weight is 383 g/mol. The van der Waals surface area contributed by atoms with Crippen LogP contribution in [0, 0.1) is 0 Å². The molecule has 2 rings (SSSR count). The van der Waals surface area contributed by atoms with E-state index in [1.54, 1.807) is 12.1 Å². The Bertz CT molecular complexity index is 725. The maximum Gasteiger partial charge on any atom is 0.335 e. The van der Waals surface area contributed by atoms with E-state index in [-0.39, 0.29) is 29.9 Å². The monoisotopic (exact) mass is 383 g/mol. The number of nitrogens with one attached hydrogen (secondary N) is 2. The molecule has 1 aliphatic heterocycles. The number of carbonyl (C=O) groups is 2. The number of sulfonamides is 1. The normalized spacial score (nSPS) is 16.2. The molecule has 0 atom stereocenters. The van der Waals surface area contributed by atoms with Crippen molar-refractivity contribution in [2.45, 2.75) is 38.8 Å². The van der Waals surface area contributed by atoms with Crippen LogP contribution in [0.25, 0.3) is 0 Å². The fourth-order valence-electron chi connectivity index (χ4n) is 2.85. The molecule has 2 amide bonds. The maximum atomic E-state index is 12.0. The van der Waals surface area contributed by atoms with Crippen molar-refractivity contribution >= 4 is 22.0 Å². The minimum atomic E-state index is -3.18. The van der Waals surface area contributed by atoms with Crippen LogP contribution in [0.5, 0.6) is 0 Å². The lowest BCUT2D eigenvalue weighted by molar-refractivity contribution is 0.0696. The molecule has 0 spiro atoms. The van der Waals surface area contributed by atoms with Gasteiger partial charge < -0.3 is 15.7 Å². The standard InChI is InChI=1S/C17H25N3O5S/c1-2-11-26(24,25)20-9-7-15(8-10-20)19-17(23)18-12-13-3-5-14(6-4-13)16(21)22/h3-6,15H,2,7-12H2,1H3,(H,21,22)(H2,18,19,23). The number of nitrogens with zero attached hydrogens (tertiary/aromatic N) is 1. The maximum absolute atomic E-state index is 12.0. The lowest BCUT2D eigenvalue weighted by atomic mass is 10.1. The topological polar surface area (TPSA) is 116 Å². The molecule has 144 valence electrons. The van der Waals surface area contributed by atoms with Crippen molar-refractivity contribution in [3.8, 4) is 0 Å². The minimum absolute atomic E-state index is 0.0579. The van der Waals surface area contributed by atoms with E-state index >= 15 is 0 Å². The molecule has 0 aromatic heterocycles. The van der Waals surface area contributed by atoms with E-state index in [4.69, 9.17) is 5.11 Å². The van der Waals surface area contributed by atoms with Crippen molar-refractivity contribution in [3.05, 3.63) is 35.4 Å². The molecule has 3 N–H and O–H groups in total. The zero-order chi connectivity index (χ0) is 19.2. The van der Waals surface area contributed by atoms with Crippen LogP contribution in [0.4, 0.5) is 4.79 Å². The molecule has 1 saturated heterocycles. The van der Waals surface area contributed by atoms with Crippen molar-refractivity contribution in [2.24, 2.45) is 0 Å². The molecule has 0 aliphatic carbocycles. The summed E-state index contributed by atoms with van der Waals surface area (Å²) in [6.07, 6.45) is 1.77. The lowest BCUT2D eigenvalue weighted by Crippen LogP contribution is -2.49. The number of piperidine rings is 1. The fourth-order valence-corrected chi connectivity index (χ4v) is 4.39. The Morgan fingerprint density at radius 2 is 1.81 bits per heavy atom. The van der Waals surface area contributed by atoms with E-state index in [0.717, 1.165) is 5.56 Å². The van der Waals surface area contributed by atoms with Gasteiger partial charge in [-0.25, -0.2) is 22.3 Å². The first kappa shape index (κ1) is 20.2. The molecule has 1 aromatic rings. The van der Waals surface area contributed by atoms with Gasteiger partial charge in [-0.05, 0) is 37.0 Å². The fraction of sp³-hybridized carbons (Fsp3) is 0.529. The molecule has 0 unspecified atom stereocenters. The summed E-state index contributed by atoms with van der Waals surface area (Å²) in [6, 6.07) is 5.91. The largest absolute Gasteiger partial charge is 0.478 e. The molecular weight excluding hydrogens is 358 g/mol. The third kappa shape index (κ3) is 5.70. The van der Waals surface area contributed by atoms with Gasteiger partial charge in [0.15, 0.2) is 0 Å². The van der Waals surface area contributed by atoms with Crippen LogP contribution in [0.3, 0.4) is 0 Å². The molecular formula is C17H25N3O5S. The number of carboxylic acid groups (broad SMARTS) is 1. The number of carbonyl (C=O) groups excluding carboxylic acids is 1.